The fourth-order valence-corrected chi connectivity index (χ4v) is 6.11. The Kier molecular flexibility index (Phi) is 7.83. The molecule has 1 aliphatic rings. The van der Waals surface area contributed by atoms with Crippen molar-refractivity contribution in [2.24, 2.45) is 0 Å². The topological polar surface area (TPSA) is 71.3 Å². The molecule has 2 aromatic heterocycles. The number of likely N-dealkylation sites (N-methyl/N-ethyl adjacent to an activating group) is 1. The second kappa shape index (κ2) is 11.3. The van der Waals surface area contributed by atoms with Gasteiger partial charge in [-0.15, -0.1) is 0 Å². The van der Waals surface area contributed by atoms with E-state index in [0.29, 0.717) is 23.9 Å². The molecule has 0 N–H and O–H groups in total. The van der Waals surface area contributed by atoms with Crippen molar-refractivity contribution in [2.75, 3.05) is 39.8 Å². The van der Waals surface area contributed by atoms with Gasteiger partial charge in [-0.25, -0.2) is 21.6 Å². The molecule has 0 aliphatic carbocycles. The third-order valence-corrected chi connectivity index (χ3v) is 8.58. The van der Waals surface area contributed by atoms with Gasteiger partial charge in [0.1, 0.15) is 28.0 Å². The van der Waals surface area contributed by atoms with Crippen LogP contribution in [0.2, 0.25) is 0 Å². The van der Waals surface area contributed by atoms with E-state index in [1.165, 1.54) is 18.2 Å². The van der Waals surface area contributed by atoms with E-state index in [1.54, 1.807) is 29.2 Å². The number of benzene rings is 2. The van der Waals surface area contributed by atoms with Crippen LogP contribution in [0, 0.1) is 17.5 Å². The third-order valence-electron chi connectivity index (χ3n) is 6.90. The van der Waals surface area contributed by atoms with Crippen LogP contribution in [0.3, 0.4) is 0 Å². The summed E-state index contributed by atoms with van der Waals surface area (Å²) in [7, 11) is -2.27. The highest BCUT2D eigenvalue weighted by atomic mass is 32.2. The Hall–Kier alpha value is -3.54. The van der Waals surface area contributed by atoms with Crippen LogP contribution in [0.5, 0.6) is 0 Å². The van der Waals surface area contributed by atoms with E-state index in [0.717, 1.165) is 50.4 Å². The molecule has 0 saturated carbocycles. The zero-order valence-electron chi connectivity index (χ0n) is 21.4. The molecule has 0 unspecified atom stereocenters. The Morgan fingerprint density at radius 1 is 0.897 bits per heavy atom. The minimum Gasteiger partial charge on any atom is -0.304 e. The maximum atomic E-state index is 15.9. The number of pyridine rings is 1. The van der Waals surface area contributed by atoms with Gasteiger partial charge in [0.2, 0.25) is 0 Å². The van der Waals surface area contributed by atoms with Crippen molar-refractivity contribution in [1.29, 1.82) is 0 Å². The molecule has 2 aromatic carbocycles. The lowest BCUT2D eigenvalue weighted by Crippen LogP contribution is -2.45. The summed E-state index contributed by atoms with van der Waals surface area (Å²) in [6.45, 7) is 5.28. The number of halogens is 3. The van der Waals surface area contributed by atoms with Crippen LogP contribution in [0.4, 0.5) is 13.2 Å². The molecule has 0 atom stereocenters. The van der Waals surface area contributed by atoms with E-state index in [4.69, 9.17) is 5.10 Å². The first-order valence-corrected chi connectivity index (χ1v) is 14.2. The molecule has 0 bridgehead atoms. The van der Waals surface area contributed by atoms with Crippen LogP contribution < -0.4 is 0 Å². The first-order chi connectivity index (χ1) is 18.7. The molecule has 204 valence electrons. The molecule has 11 heteroatoms. The van der Waals surface area contributed by atoms with Crippen molar-refractivity contribution >= 4 is 9.84 Å². The summed E-state index contributed by atoms with van der Waals surface area (Å²) in [5.41, 5.74) is 1.76. The molecule has 3 heterocycles. The summed E-state index contributed by atoms with van der Waals surface area (Å²) in [5.74, 6) is -3.60. The zero-order chi connectivity index (χ0) is 27.6. The zero-order valence-corrected chi connectivity index (χ0v) is 22.2. The van der Waals surface area contributed by atoms with Crippen molar-refractivity contribution in [2.45, 2.75) is 17.2 Å². The van der Waals surface area contributed by atoms with Gasteiger partial charge in [0.05, 0.1) is 12.3 Å². The van der Waals surface area contributed by atoms with Crippen LogP contribution in [0.25, 0.3) is 22.4 Å². The quantitative estimate of drug-likeness (QED) is 0.324. The van der Waals surface area contributed by atoms with Crippen LogP contribution in [-0.4, -0.2) is 72.8 Å². The lowest BCUT2D eigenvalue weighted by molar-refractivity contribution is 0.149. The normalized spacial score (nSPS) is 15.1. The molecular formula is C28H28F3N5O2S. The van der Waals surface area contributed by atoms with Crippen molar-refractivity contribution in [3.63, 3.8) is 0 Å². The van der Waals surface area contributed by atoms with Gasteiger partial charge in [0, 0.05) is 68.0 Å². The summed E-state index contributed by atoms with van der Waals surface area (Å²) < 4.78 is 71.4. The highest BCUT2D eigenvalue weighted by Gasteiger charge is 2.25. The van der Waals surface area contributed by atoms with Gasteiger partial charge < -0.3 is 4.90 Å². The lowest BCUT2D eigenvalue weighted by atomic mass is 10.0. The van der Waals surface area contributed by atoms with Gasteiger partial charge in [-0.1, -0.05) is 12.1 Å². The number of piperazine rings is 1. The van der Waals surface area contributed by atoms with E-state index in [9.17, 15) is 17.2 Å². The predicted molar refractivity (Wildman–Crippen MR) is 142 cm³/mol. The average Bonchev–Trinajstić information content (AvgIpc) is 3.35. The fraction of sp³-hybridized carbons (Fsp3) is 0.286. The largest absolute Gasteiger partial charge is 0.304 e. The SMILES string of the molecule is CN1CCN(CCn2cc(-c3ccncc3)c(-c3cccc(CS(=O)(=O)c4cc(F)ccc4F)c3F)n2)CC1. The van der Waals surface area contributed by atoms with Crippen LogP contribution in [-0.2, 0) is 22.1 Å². The second-order valence-corrected chi connectivity index (χ2v) is 11.6. The minimum atomic E-state index is -4.37. The highest BCUT2D eigenvalue weighted by molar-refractivity contribution is 7.90. The summed E-state index contributed by atoms with van der Waals surface area (Å²) in [5, 5.41) is 4.70. The first kappa shape index (κ1) is 27.0. The van der Waals surface area contributed by atoms with Gasteiger partial charge in [-0.2, -0.15) is 5.10 Å². The first-order valence-electron chi connectivity index (χ1n) is 12.6. The van der Waals surface area contributed by atoms with E-state index in [1.807, 2.05) is 6.20 Å². The maximum Gasteiger partial charge on any atom is 0.185 e. The summed E-state index contributed by atoms with van der Waals surface area (Å²) in [6.07, 6.45) is 5.12. The number of aromatic nitrogens is 3. The Morgan fingerprint density at radius 2 is 1.64 bits per heavy atom. The number of nitrogens with zero attached hydrogens (tertiary/aromatic N) is 5. The van der Waals surface area contributed by atoms with Gasteiger partial charge in [0.25, 0.3) is 0 Å². The van der Waals surface area contributed by atoms with Gasteiger partial charge in [-0.05, 0) is 49.0 Å². The molecule has 1 saturated heterocycles. The smallest absolute Gasteiger partial charge is 0.185 e. The minimum absolute atomic E-state index is 0.118. The summed E-state index contributed by atoms with van der Waals surface area (Å²) >= 11 is 0. The molecule has 4 aromatic rings. The monoisotopic (exact) mass is 555 g/mol. The van der Waals surface area contributed by atoms with E-state index in [-0.39, 0.29) is 11.1 Å². The molecule has 0 radical (unpaired) electrons. The number of hydrogen-bond donors (Lipinski definition) is 0. The third kappa shape index (κ3) is 6.05. The summed E-state index contributed by atoms with van der Waals surface area (Å²) in [6, 6.07) is 10.2. The van der Waals surface area contributed by atoms with Crippen LogP contribution >= 0.6 is 0 Å². The predicted octanol–water partition coefficient (Wildman–Crippen LogP) is 4.25. The Balaban J connectivity index is 1.48. The van der Waals surface area contributed by atoms with E-state index < -0.39 is 37.9 Å². The Morgan fingerprint density at radius 3 is 2.38 bits per heavy atom. The lowest BCUT2D eigenvalue weighted by Gasteiger charge is -2.32. The van der Waals surface area contributed by atoms with Crippen molar-refractivity contribution in [3.05, 3.63) is 90.1 Å². The summed E-state index contributed by atoms with van der Waals surface area (Å²) in [4.78, 5) is 7.89. The van der Waals surface area contributed by atoms with Gasteiger partial charge >= 0.3 is 0 Å². The van der Waals surface area contributed by atoms with Gasteiger partial charge in [0.15, 0.2) is 9.84 Å². The standard InChI is InChI=1S/C28H28F3N5O2S/c1-34-11-13-35(14-12-34)15-16-36-18-24(20-7-9-32-10-8-20)28(33-36)23-4-2-3-21(27(23)31)19-39(37,38)26-17-22(29)5-6-25(26)30/h2-10,17-18H,11-16,19H2,1H3. The maximum absolute atomic E-state index is 15.9. The second-order valence-electron chi connectivity index (χ2n) is 9.65. The Labute approximate surface area is 225 Å². The molecule has 0 spiro atoms. The van der Waals surface area contributed by atoms with E-state index >= 15 is 4.39 Å². The average molecular weight is 556 g/mol. The van der Waals surface area contributed by atoms with Crippen molar-refractivity contribution in [1.82, 2.24) is 24.6 Å². The molecule has 0 amide bonds. The van der Waals surface area contributed by atoms with Crippen LogP contribution in [0.1, 0.15) is 5.56 Å². The number of rotatable bonds is 8. The van der Waals surface area contributed by atoms with Gasteiger partial charge in [-0.3, -0.25) is 14.6 Å². The van der Waals surface area contributed by atoms with Crippen molar-refractivity contribution in [3.8, 4) is 22.4 Å². The fourth-order valence-electron chi connectivity index (χ4n) is 4.67. The number of hydrogen-bond acceptors (Lipinski definition) is 6. The molecule has 1 fully saturated rings. The molecular weight excluding hydrogens is 527 g/mol. The van der Waals surface area contributed by atoms with Crippen molar-refractivity contribution < 1.29 is 21.6 Å². The van der Waals surface area contributed by atoms with Crippen LogP contribution in [0.15, 0.2) is 72.0 Å². The molecule has 1 aliphatic heterocycles. The highest BCUT2D eigenvalue weighted by Crippen LogP contribution is 2.34. The number of sulfone groups is 1. The molecule has 39 heavy (non-hydrogen) atoms. The van der Waals surface area contributed by atoms with E-state index in [2.05, 4.69) is 21.8 Å². The molecule has 7 nitrogen and oxygen atoms in total. The molecule has 5 rings (SSSR count). The Bertz CT molecular complexity index is 1570.